The maximum absolute atomic E-state index is 12.4. The molecule has 0 aliphatic heterocycles. The van der Waals surface area contributed by atoms with Gasteiger partial charge in [-0.05, 0) is 25.0 Å². The number of anilines is 1. The summed E-state index contributed by atoms with van der Waals surface area (Å²) < 4.78 is 37.1. The van der Waals surface area contributed by atoms with Crippen LogP contribution in [-0.4, -0.2) is 10.9 Å². The molecule has 0 saturated carbocycles. The van der Waals surface area contributed by atoms with Crippen LogP contribution in [0.25, 0.3) is 0 Å². The van der Waals surface area contributed by atoms with Crippen LogP contribution in [0.2, 0.25) is 0 Å². The quantitative estimate of drug-likeness (QED) is 0.823. The second-order valence-electron chi connectivity index (χ2n) is 3.06. The molecule has 1 aromatic rings. The summed E-state index contributed by atoms with van der Waals surface area (Å²) >= 11 is 5.44. The van der Waals surface area contributed by atoms with Crippen LogP contribution in [-0.2, 0) is 12.6 Å². The number of pyridine rings is 1. The number of aromatic nitrogens is 1. The van der Waals surface area contributed by atoms with Crippen molar-refractivity contribution >= 4 is 17.4 Å². The van der Waals surface area contributed by atoms with Crippen LogP contribution in [0.15, 0.2) is 12.1 Å². The van der Waals surface area contributed by atoms with Crippen molar-refractivity contribution in [2.45, 2.75) is 19.0 Å². The summed E-state index contributed by atoms with van der Waals surface area (Å²) in [6, 6.07) is 1.83. The second-order valence-corrected chi connectivity index (χ2v) is 3.44. The first kappa shape index (κ1) is 12.1. The Labute approximate surface area is 90.3 Å². The molecule has 1 rings (SSSR count). The van der Waals surface area contributed by atoms with Gasteiger partial charge in [0.15, 0.2) is 0 Å². The number of nitrogens with two attached hydrogens (primary N) is 1. The zero-order chi connectivity index (χ0) is 11.5. The minimum Gasteiger partial charge on any atom is -0.384 e. The summed E-state index contributed by atoms with van der Waals surface area (Å²) in [5.41, 5.74) is 4.84. The van der Waals surface area contributed by atoms with Gasteiger partial charge in [-0.15, -0.1) is 11.6 Å². The summed E-state index contributed by atoms with van der Waals surface area (Å²) in [5.74, 6) is 0.270. The van der Waals surface area contributed by atoms with Crippen LogP contribution >= 0.6 is 11.6 Å². The highest BCUT2D eigenvalue weighted by molar-refractivity contribution is 6.17. The molecule has 1 heterocycles. The molecule has 0 atom stereocenters. The summed E-state index contributed by atoms with van der Waals surface area (Å²) in [5, 5.41) is 0. The third kappa shape index (κ3) is 3.58. The number of nitrogens with zero attached hydrogens (tertiary/aromatic N) is 1. The van der Waals surface area contributed by atoms with E-state index >= 15 is 0 Å². The minimum atomic E-state index is -4.38. The van der Waals surface area contributed by atoms with Crippen molar-refractivity contribution in [1.29, 1.82) is 0 Å². The highest BCUT2D eigenvalue weighted by atomic mass is 35.5. The van der Waals surface area contributed by atoms with Crippen LogP contribution in [0, 0.1) is 0 Å². The predicted octanol–water partition coefficient (Wildman–Crippen LogP) is 2.85. The van der Waals surface area contributed by atoms with Gasteiger partial charge in [0.25, 0.3) is 0 Å². The number of alkyl halides is 4. The summed E-state index contributed by atoms with van der Waals surface area (Å²) in [6.45, 7) is 0. The molecule has 15 heavy (non-hydrogen) atoms. The molecule has 0 aromatic carbocycles. The van der Waals surface area contributed by atoms with Crippen LogP contribution in [0.5, 0.6) is 0 Å². The van der Waals surface area contributed by atoms with Gasteiger partial charge in [-0.25, -0.2) is 4.98 Å². The van der Waals surface area contributed by atoms with Crippen LogP contribution < -0.4 is 5.73 Å². The van der Waals surface area contributed by atoms with E-state index in [9.17, 15) is 13.2 Å². The molecule has 0 amide bonds. The van der Waals surface area contributed by atoms with Crippen molar-refractivity contribution in [3.63, 3.8) is 0 Å². The predicted molar refractivity (Wildman–Crippen MR) is 52.7 cm³/mol. The Morgan fingerprint density at radius 3 is 2.53 bits per heavy atom. The summed E-state index contributed by atoms with van der Waals surface area (Å²) in [4.78, 5) is 3.80. The Hall–Kier alpha value is -0.970. The van der Waals surface area contributed by atoms with E-state index < -0.39 is 11.7 Å². The Balaban J connectivity index is 2.95. The molecule has 0 bridgehead atoms. The van der Waals surface area contributed by atoms with E-state index in [1.807, 2.05) is 0 Å². The van der Waals surface area contributed by atoms with Crippen LogP contribution in [0.4, 0.5) is 19.0 Å². The lowest BCUT2D eigenvalue weighted by Gasteiger charge is -2.09. The molecule has 2 nitrogen and oxygen atoms in total. The lowest BCUT2D eigenvalue weighted by molar-refractivity contribution is -0.137. The molecular weight excluding hydrogens is 229 g/mol. The Morgan fingerprint density at radius 2 is 2.00 bits per heavy atom. The molecule has 2 N–H and O–H groups in total. The molecule has 6 heteroatoms. The monoisotopic (exact) mass is 238 g/mol. The minimum absolute atomic E-state index is 0.116. The Kier molecular flexibility index (Phi) is 3.79. The lowest BCUT2D eigenvalue weighted by Crippen LogP contribution is -2.08. The topological polar surface area (TPSA) is 38.9 Å². The highest BCUT2D eigenvalue weighted by Gasteiger charge is 2.31. The van der Waals surface area contributed by atoms with Crippen LogP contribution in [0.1, 0.15) is 17.7 Å². The standard InChI is InChI=1S/C9H10ClF3N2/c10-3-1-2-7-4-6(9(11,12)13)5-8(14)15-7/h4-5H,1-3H2,(H2,14,15). The average Bonchev–Trinajstić information content (AvgIpc) is 2.12. The first-order valence-electron chi connectivity index (χ1n) is 4.33. The zero-order valence-electron chi connectivity index (χ0n) is 7.81. The van der Waals surface area contributed by atoms with Gasteiger partial charge in [0.2, 0.25) is 0 Å². The van der Waals surface area contributed by atoms with Gasteiger partial charge < -0.3 is 5.73 Å². The molecule has 0 saturated heterocycles. The number of hydrogen-bond donors (Lipinski definition) is 1. The van der Waals surface area contributed by atoms with E-state index in [0.717, 1.165) is 12.1 Å². The van der Waals surface area contributed by atoms with Crippen molar-refractivity contribution < 1.29 is 13.2 Å². The Morgan fingerprint density at radius 1 is 1.33 bits per heavy atom. The van der Waals surface area contributed by atoms with Gasteiger partial charge in [-0.3, -0.25) is 0 Å². The van der Waals surface area contributed by atoms with E-state index in [0.29, 0.717) is 24.4 Å². The van der Waals surface area contributed by atoms with Crippen molar-refractivity contribution in [3.05, 3.63) is 23.4 Å². The maximum Gasteiger partial charge on any atom is 0.416 e. The molecule has 0 radical (unpaired) electrons. The van der Waals surface area contributed by atoms with E-state index in [-0.39, 0.29) is 5.82 Å². The van der Waals surface area contributed by atoms with Gasteiger partial charge in [-0.1, -0.05) is 0 Å². The second kappa shape index (κ2) is 4.70. The summed E-state index contributed by atoms with van der Waals surface area (Å²) in [6.07, 6.45) is -3.40. The molecule has 0 aliphatic rings. The van der Waals surface area contributed by atoms with E-state index in [4.69, 9.17) is 17.3 Å². The van der Waals surface area contributed by atoms with E-state index in [2.05, 4.69) is 4.98 Å². The average molecular weight is 239 g/mol. The lowest BCUT2D eigenvalue weighted by atomic mass is 10.1. The van der Waals surface area contributed by atoms with E-state index in [1.54, 1.807) is 0 Å². The first-order valence-corrected chi connectivity index (χ1v) is 4.86. The van der Waals surface area contributed by atoms with Gasteiger partial charge in [0, 0.05) is 11.6 Å². The number of hydrogen-bond acceptors (Lipinski definition) is 2. The van der Waals surface area contributed by atoms with Gasteiger partial charge in [0.1, 0.15) is 5.82 Å². The van der Waals surface area contributed by atoms with Crippen molar-refractivity contribution in [3.8, 4) is 0 Å². The number of nitrogen functional groups attached to an aromatic ring is 1. The molecule has 84 valence electrons. The third-order valence-electron chi connectivity index (χ3n) is 1.79. The zero-order valence-corrected chi connectivity index (χ0v) is 8.57. The Bertz CT molecular complexity index is 339. The molecule has 0 aliphatic carbocycles. The van der Waals surface area contributed by atoms with Crippen molar-refractivity contribution in [1.82, 2.24) is 4.98 Å². The van der Waals surface area contributed by atoms with Gasteiger partial charge in [-0.2, -0.15) is 13.2 Å². The largest absolute Gasteiger partial charge is 0.416 e. The van der Waals surface area contributed by atoms with E-state index in [1.165, 1.54) is 0 Å². The number of halogens is 4. The number of rotatable bonds is 3. The maximum atomic E-state index is 12.4. The first-order chi connectivity index (χ1) is 6.93. The third-order valence-corrected chi connectivity index (χ3v) is 2.06. The smallest absolute Gasteiger partial charge is 0.384 e. The summed E-state index contributed by atoms with van der Waals surface area (Å²) in [7, 11) is 0. The molecule has 1 aromatic heterocycles. The fraction of sp³-hybridized carbons (Fsp3) is 0.444. The molecule has 0 unspecified atom stereocenters. The number of aryl methyl sites for hydroxylation is 1. The van der Waals surface area contributed by atoms with Gasteiger partial charge in [0.05, 0.1) is 5.56 Å². The van der Waals surface area contributed by atoms with Gasteiger partial charge >= 0.3 is 6.18 Å². The van der Waals surface area contributed by atoms with Crippen molar-refractivity contribution in [2.24, 2.45) is 0 Å². The SMILES string of the molecule is Nc1cc(C(F)(F)F)cc(CCCCl)n1. The molecular formula is C9H10ClF3N2. The molecule has 0 spiro atoms. The highest BCUT2D eigenvalue weighted by Crippen LogP contribution is 2.30. The fourth-order valence-corrected chi connectivity index (χ4v) is 1.28. The molecule has 0 fully saturated rings. The fourth-order valence-electron chi connectivity index (χ4n) is 1.15. The van der Waals surface area contributed by atoms with Crippen molar-refractivity contribution in [2.75, 3.05) is 11.6 Å². The van der Waals surface area contributed by atoms with Crippen LogP contribution in [0.3, 0.4) is 0 Å². The normalized spacial score (nSPS) is 11.7.